The Morgan fingerprint density at radius 2 is 2.04 bits per heavy atom. The topological polar surface area (TPSA) is 45.2 Å². The first-order valence-electron chi connectivity index (χ1n) is 9.20. The van der Waals surface area contributed by atoms with Crippen molar-refractivity contribution >= 4 is 5.91 Å². The lowest BCUT2D eigenvalue weighted by Crippen LogP contribution is -2.26. The van der Waals surface area contributed by atoms with Crippen molar-refractivity contribution in [2.24, 2.45) is 0 Å². The molecule has 4 heteroatoms. The number of pyridine rings is 1. The average Bonchev–Trinajstić information content (AvgIpc) is 3.10. The van der Waals surface area contributed by atoms with Gasteiger partial charge in [0, 0.05) is 6.92 Å². The average molecular weight is 337 g/mol. The molecule has 0 saturated carbocycles. The first kappa shape index (κ1) is 17.6. The Labute approximate surface area is 150 Å². The zero-order valence-corrected chi connectivity index (χ0v) is 14.9. The Hall–Kier alpha value is -2.20. The fraction of sp³-hybridized carbons (Fsp3) is 0.429. The van der Waals surface area contributed by atoms with Crippen molar-refractivity contribution in [2.75, 3.05) is 13.1 Å². The molecule has 1 atom stereocenters. The second-order valence-electron chi connectivity index (χ2n) is 6.75. The maximum atomic E-state index is 11.1. The highest BCUT2D eigenvalue weighted by atomic mass is 16.1. The van der Waals surface area contributed by atoms with Crippen LogP contribution in [0.5, 0.6) is 0 Å². The molecule has 1 aliphatic rings. The lowest BCUT2D eigenvalue weighted by atomic mass is 10.1. The van der Waals surface area contributed by atoms with Crippen molar-refractivity contribution in [3.63, 3.8) is 0 Å². The highest BCUT2D eigenvalue weighted by Crippen LogP contribution is 2.31. The van der Waals surface area contributed by atoms with Crippen LogP contribution in [0.25, 0.3) is 0 Å². The summed E-state index contributed by atoms with van der Waals surface area (Å²) in [4.78, 5) is 18.4. The van der Waals surface area contributed by atoms with Crippen LogP contribution in [-0.2, 0) is 17.8 Å². The van der Waals surface area contributed by atoms with Crippen molar-refractivity contribution in [1.29, 1.82) is 0 Å². The van der Waals surface area contributed by atoms with Gasteiger partial charge in [-0.3, -0.25) is 14.7 Å². The lowest BCUT2D eigenvalue weighted by molar-refractivity contribution is -0.119. The van der Waals surface area contributed by atoms with E-state index in [0.29, 0.717) is 12.6 Å². The van der Waals surface area contributed by atoms with Gasteiger partial charge in [-0.1, -0.05) is 36.4 Å². The third-order valence-electron chi connectivity index (χ3n) is 4.81. The monoisotopic (exact) mass is 337 g/mol. The molecule has 1 N–H and O–H groups in total. The summed E-state index contributed by atoms with van der Waals surface area (Å²) in [6.45, 7) is 4.30. The summed E-state index contributed by atoms with van der Waals surface area (Å²) in [6.07, 6.45) is 4.70. The van der Waals surface area contributed by atoms with Crippen molar-refractivity contribution in [2.45, 2.75) is 45.2 Å². The SMILES string of the molecule is CC(=O)NCc1cccc([C@@H]2CCCN2CCCc2ccccc2)n1. The van der Waals surface area contributed by atoms with Gasteiger partial charge in [0.25, 0.3) is 0 Å². The van der Waals surface area contributed by atoms with E-state index in [-0.39, 0.29) is 5.91 Å². The molecule has 4 nitrogen and oxygen atoms in total. The molecule has 1 aromatic heterocycles. The van der Waals surface area contributed by atoms with Crippen molar-refractivity contribution in [1.82, 2.24) is 15.2 Å². The Balaban J connectivity index is 1.57. The molecule has 1 saturated heterocycles. The van der Waals surface area contributed by atoms with Crippen LogP contribution >= 0.6 is 0 Å². The molecule has 132 valence electrons. The molecule has 0 bridgehead atoms. The van der Waals surface area contributed by atoms with Gasteiger partial charge in [-0.25, -0.2) is 0 Å². The van der Waals surface area contributed by atoms with Crippen LogP contribution in [0.15, 0.2) is 48.5 Å². The number of carbonyl (C=O) groups is 1. The number of nitrogens with one attached hydrogen (secondary N) is 1. The van der Waals surface area contributed by atoms with Crippen LogP contribution in [0.2, 0.25) is 0 Å². The minimum Gasteiger partial charge on any atom is -0.351 e. The smallest absolute Gasteiger partial charge is 0.217 e. The van der Waals surface area contributed by atoms with Crippen molar-refractivity contribution < 1.29 is 4.79 Å². The third kappa shape index (κ3) is 5.13. The predicted molar refractivity (Wildman–Crippen MR) is 100 cm³/mol. The number of hydrogen-bond donors (Lipinski definition) is 1. The quantitative estimate of drug-likeness (QED) is 0.841. The number of aromatic nitrogens is 1. The molecule has 0 unspecified atom stereocenters. The summed E-state index contributed by atoms with van der Waals surface area (Å²) in [5, 5.41) is 2.83. The zero-order chi connectivity index (χ0) is 17.5. The van der Waals surface area contributed by atoms with E-state index < -0.39 is 0 Å². The fourth-order valence-corrected chi connectivity index (χ4v) is 3.56. The van der Waals surface area contributed by atoms with Gasteiger partial charge in [0.15, 0.2) is 0 Å². The van der Waals surface area contributed by atoms with E-state index in [1.165, 1.54) is 31.7 Å². The Bertz CT molecular complexity index is 687. The largest absolute Gasteiger partial charge is 0.351 e. The summed E-state index contributed by atoms with van der Waals surface area (Å²) >= 11 is 0. The summed E-state index contributed by atoms with van der Waals surface area (Å²) in [5.41, 5.74) is 3.48. The van der Waals surface area contributed by atoms with E-state index in [2.05, 4.69) is 52.7 Å². The van der Waals surface area contributed by atoms with Crippen LogP contribution in [0.4, 0.5) is 0 Å². The molecular weight excluding hydrogens is 310 g/mol. The minimum absolute atomic E-state index is 0.0180. The molecule has 1 amide bonds. The first-order chi connectivity index (χ1) is 12.2. The van der Waals surface area contributed by atoms with Gasteiger partial charge in [0.1, 0.15) is 0 Å². The molecule has 1 aliphatic heterocycles. The van der Waals surface area contributed by atoms with Crippen LogP contribution in [0.1, 0.15) is 49.2 Å². The first-order valence-corrected chi connectivity index (χ1v) is 9.20. The Morgan fingerprint density at radius 1 is 1.20 bits per heavy atom. The normalized spacial score (nSPS) is 17.6. The van der Waals surface area contributed by atoms with Gasteiger partial charge < -0.3 is 5.32 Å². The van der Waals surface area contributed by atoms with Gasteiger partial charge in [-0.05, 0) is 56.5 Å². The third-order valence-corrected chi connectivity index (χ3v) is 4.81. The molecule has 0 spiro atoms. The van der Waals surface area contributed by atoms with E-state index in [1.807, 2.05) is 6.07 Å². The Kier molecular flexibility index (Phi) is 6.18. The van der Waals surface area contributed by atoms with E-state index in [4.69, 9.17) is 4.98 Å². The molecule has 2 heterocycles. The molecule has 2 aromatic rings. The Morgan fingerprint density at radius 3 is 2.84 bits per heavy atom. The van der Waals surface area contributed by atoms with Gasteiger partial charge >= 0.3 is 0 Å². The van der Waals surface area contributed by atoms with E-state index in [9.17, 15) is 4.79 Å². The predicted octanol–water partition coefficient (Wildman–Crippen LogP) is 3.49. The van der Waals surface area contributed by atoms with Crippen LogP contribution in [0, 0.1) is 0 Å². The number of likely N-dealkylation sites (tertiary alicyclic amines) is 1. The summed E-state index contributed by atoms with van der Waals surface area (Å²) in [5.74, 6) is -0.0180. The molecular formula is C21H27N3O. The number of nitrogens with zero attached hydrogens (tertiary/aromatic N) is 2. The molecule has 25 heavy (non-hydrogen) atoms. The highest BCUT2D eigenvalue weighted by molar-refractivity contribution is 5.72. The number of hydrogen-bond acceptors (Lipinski definition) is 3. The van der Waals surface area contributed by atoms with Crippen LogP contribution < -0.4 is 5.32 Å². The fourth-order valence-electron chi connectivity index (χ4n) is 3.56. The standard InChI is InChI=1S/C21H27N3O/c1-17(25)22-16-19-11-5-12-20(23-19)21-13-7-15-24(21)14-6-10-18-8-3-2-4-9-18/h2-5,8-9,11-12,21H,6-7,10,13-16H2,1H3,(H,22,25)/t21-/m0/s1. The summed E-state index contributed by atoms with van der Waals surface area (Å²) in [6, 6.07) is 17.3. The van der Waals surface area contributed by atoms with Crippen molar-refractivity contribution in [3.8, 4) is 0 Å². The number of aryl methyl sites for hydroxylation is 1. The molecule has 0 aliphatic carbocycles. The number of amides is 1. The van der Waals surface area contributed by atoms with Gasteiger partial charge in [-0.2, -0.15) is 0 Å². The summed E-state index contributed by atoms with van der Waals surface area (Å²) in [7, 11) is 0. The van der Waals surface area contributed by atoms with E-state index >= 15 is 0 Å². The lowest BCUT2D eigenvalue weighted by Gasteiger charge is -2.24. The van der Waals surface area contributed by atoms with Gasteiger partial charge in [0.2, 0.25) is 5.91 Å². The maximum absolute atomic E-state index is 11.1. The van der Waals surface area contributed by atoms with Crippen LogP contribution in [0.3, 0.4) is 0 Å². The highest BCUT2D eigenvalue weighted by Gasteiger charge is 2.26. The molecule has 3 rings (SSSR count). The van der Waals surface area contributed by atoms with Gasteiger partial charge in [0.05, 0.1) is 24.0 Å². The number of benzene rings is 1. The van der Waals surface area contributed by atoms with E-state index in [0.717, 1.165) is 30.9 Å². The van der Waals surface area contributed by atoms with Gasteiger partial charge in [-0.15, -0.1) is 0 Å². The number of rotatable bonds is 7. The molecule has 1 aromatic carbocycles. The molecule has 0 radical (unpaired) electrons. The maximum Gasteiger partial charge on any atom is 0.217 e. The number of carbonyl (C=O) groups excluding carboxylic acids is 1. The van der Waals surface area contributed by atoms with Crippen LogP contribution in [-0.4, -0.2) is 28.9 Å². The molecule has 1 fully saturated rings. The second kappa shape index (κ2) is 8.77. The van der Waals surface area contributed by atoms with Crippen molar-refractivity contribution in [3.05, 3.63) is 65.5 Å². The second-order valence-corrected chi connectivity index (χ2v) is 6.75. The zero-order valence-electron chi connectivity index (χ0n) is 14.9. The summed E-state index contributed by atoms with van der Waals surface area (Å²) < 4.78 is 0. The minimum atomic E-state index is -0.0180. The van der Waals surface area contributed by atoms with E-state index in [1.54, 1.807) is 0 Å².